The van der Waals surface area contributed by atoms with Gasteiger partial charge in [-0.2, -0.15) is 0 Å². The van der Waals surface area contributed by atoms with Crippen molar-refractivity contribution in [2.24, 2.45) is 10.8 Å². The zero-order chi connectivity index (χ0) is 22.7. The Bertz CT molecular complexity index is 831. The highest BCUT2D eigenvalue weighted by Gasteiger charge is 3.03. The lowest BCUT2D eigenvalue weighted by Gasteiger charge is -2.70. The van der Waals surface area contributed by atoms with E-state index in [9.17, 15) is 0 Å². The summed E-state index contributed by atoms with van der Waals surface area (Å²) in [4.78, 5) is -6.30. The molecule has 5 rings (SSSR count). The fraction of sp³-hybridized carbons (Fsp3) is 1.00. The van der Waals surface area contributed by atoms with E-state index in [-0.39, 0.29) is 12.8 Å². The highest BCUT2D eigenvalue weighted by atomic mass is 35.6. The van der Waals surface area contributed by atoms with E-state index in [0.717, 1.165) is 12.8 Å². The standard InChI is InChI=1S/C18H16Cl12/c19-11-3-1-2-4-12(11,20)15(24)13(21,5-6-14(22,23)18(15,29)30)17(27,28)16(25,26)10-7-9(10,11)8-10/h1-8H2. The highest BCUT2D eigenvalue weighted by Crippen LogP contribution is 3.01. The number of fused-ring (bicyclic) bond motifs is 3. The van der Waals surface area contributed by atoms with Crippen molar-refractivity contribution in [2.45, 2.75) is 88.2 Å². The topological polar surface area (TPSA) is 0 Å². The SMILES string of the molecule is ClC1(Cl)CCC2(Cl)C(Cl)(Cl)C(Cl)(Cl)C34CC3(C4)C3(Cl)CCCCC3(Cl)C2(Cl)C1(Cl)Cl. The first-order valence-electron chi connectivity index (χ1n) is 9.60. The molecule has 0 amide bonds. The molecular weight excluding hydrogens is 642 g/mol. The lowest BCUT2D eigenvalue weighted by atomic mass is 9.57. The van der Waals surface area contributed by atoms with Gasteiger partial charge >= 0.3 is 0 Å². The van der Waals surface area contributed by atoms with E-state index in [1.165, 1.54) is 0 Å². The summed E-state index contributed by atoms with van der Waals surface area (Å²) >= 11 is 85.0. The van der Waals surface area contributed by atoms with Gasteiger partial charge in [-0.3, -0.25) is 0 Å². The fourth-order valence-corrected chi connectivity index (χ4v) is 13.2. The Hall–Kier alpha value is 3.48. The van der Waals surface area contributed by atoms with Crippen LogP contribution in [0.15, 0.2) is 0 Å². The van der Waals surface area contributed by atoms with Crippen LogP contribution >= 0.6 is 139 Å². The largest absolute Gasteiger partial charge is 0.173 e. The normalized spacial score (nSPS) is 58.8. The van der Waals surface area contributed by atoms with E-state index in [1.54, 1.807) is 0 Å². The minimum Gasteiger partial charge on any atom is -0.117 e. The smallest absolute Gasteiger partial charge is 0.117 e. The molecule has 30 heavy (non-hydrogen) atoms. The maximum Gasteiger partial charge on any atom is 0.173 e. The Kier molecular flexibility index (Phi) is 5.28. The quantitative estimate of drug-likeness (QED) is 0.228. The second-order valence-corrected chi connectivity index (χ2v) is 17.7. The summed E-state index contributed by atoms with van der Waals surface area (Å²) in [6, 6.07) is 0. The molecule has 0 radical (unpaired) electrons. The molecule has 12 heteroatoms. The molecule has 0 bridgehead atoms. The maximum atomic E-state index is 7.53. The van der Waals surface area contributed by atoms with Gasteiger partial charge in [0.05, 0.1) is 9.75 Å². The molecule has 0 saturated heterocycles. The molecule has 0 aromatic rings. The summed E-state index contributed by atoms with van der Waals surface area (Å²) in [6.45, 7) is 0. The summed E-state index contributed by atoms with van der Waals surface area (Å²) in [6.07, 6.45) is 3.77. The molecule has 0 nitrogen and oxygen atoms in total. The molecule has 5 aliphatic carbocycles. The monoisotopic (exact) mass is 652 g/mol. The summed E-state index contributed by atoms with van der Waals surface area (Å²) in [7, 11) is 0. The zero-order valence-corrected chi connectivity index (χ0v) is 24.3. The third-order valence-electron chi connectivity index (χ3n) is 8.81. The van der Waals surface area contributed by atoms with Crippen LogP contribution in [0.25, 0.3) is 0 Å². The van der Waals surface area contributed by atoms with Gasteiger partial charge < -0.3 is 0 Å². The van der Waals surface area contributed by atoms with Gasteiger partial charge in [-0.1, -0.05) is 106 Å². The Morgan fingerprint density at radius 2 is 0.900 bits per heavy atom. The van der Waals surface area contributed by atoms with Crippen molar-refractivity contribution in [3.05, 3.63) is 0 Å². The van der Waals surface area contributed by atoms with Crippen LogP contribution in [0.4, 0.5) is 0 Å². The molecule has 0 spiro atoms. The van der Waals surface area contributed by atoms with Crippen molar-refractivity contribution in [2.75, 3.05) is 0 Å². The first-order valence-corrected chi connectivity index (χ1v) is 14.1. The van der Waals surface area contributed by atoms with Crippen LogP contribution in [0.3, 0.4) is 0 Å². The summed E-state index contributed by atoms with van der Waals surface area (Å²) in [5.74, 6) is 0. The molecule has 0 N–H and O–H groups in total. The molecule has 0 aromatic heterocycles. The van der Waals surface area contributed by atoms with Crippen LogP contribution in [-0.4, -0.2) is 36.8 Å². The third kappa shape index (κ3) is 2.12. The Labute approximate surface area is 236 Å². The first kappa shape index (κ1) is 25.1. The Balaban J connectivity index is 1.89. The predicted octanol–water partition coefficient (Wildman–Crippen LogP) is 9.75. The molecule has 4 atom stereocenters. The molecular formula is C18H16Cl12. The Morgan fingerprint density at radius 1 is 0.400 bits per heavy atom. The second kappa shape index (κ2) is 6.30. The van der Waals surface area contributed by atoms with Crippen molar-refractivity contribution in [3.63, 3.8) is 0 Å². The Morgan fingerprint density at radius 3 is 1.43 bits per heavy atom. The van der Waals surface area contributed by atoms with Gasteiger partial charge in [0.2, 0.25) is 0 Å². The van der Waals surface area contributed by atoms with Crippen LogP contribution in [0.2, 0.25) is 0 Å². The van der Waals surface area contributed by atoms with Crippen molar-refractivity contribution in [3.8, 4) is 0 Å². The van der Waals surface area contributed by atoms with Crippen LogP contribution in [0.1, 0.15) is 51.4 Å². The van der Waals surface area contributed by atoms with E-state index in [4.69, 9.17) is 139 Å². The van der Waals surface area contributed by atoms with Gasteiger partial charge in [-0.25, -0.2) is 0 Å². The van der Waals surface area contributed by atoms with E-state index < -0.39 is 47.7 Å². The third-order valence-corrected chi connectivity index (χ3v) is 18.3. The van der Waals surface area contributed by atoms with Crippen molar-refractivity contribution < 1.29 is 0 Å². The van der Waals surface area contributed by atoms with E-state index >= 15 is 0 Å². The lowest BCUT2D eigenvalue weighted by molar-refractivity contribution is 0.101. The average Bonchev–Trinajstić information content (AvgIpc) is 3.47. The summed E-state index contributed by atoms with van der Waals surface area (Å²) in [5, 5.41) is 0. The minimum atomic E-state index is -2.09. The molecule has 0 aliphatic heterocycles. The van der Waals surface area contributed by atoms with E-state index in [0.29, 0.717) is 25.7 Å². The number of rotatable bonds is 0. The number of halogens is 12. The van der Waals surface area contributed by atoms with Crippen LogP contribution < -0.4 is 0 Å². The maximum absolute atomic E-state index is 7.53. The molecule has 0 heterocycles. The predicted molar refractivity (Wildman–Crippen MR) is 134 cm³/mol. The van der Waals surface area contributed by atoms with Crippen LogP contribution in [0, 0.1) is 10.8 Å². The van der Waals surface area contributed by atoms with Gasteiger partial charge in [0.25, 0.3) is 0 Å². The molecule has 5 aliphatic rings. The number of hydrogen-bond donors (Lipinski definition) is 0. The summed E-state index contributed by atoms with van der Waals surface area (Å²) in [5.41, 5.74) is -1.13. The molecule has 5 saturated carbocycles. The first-order chi connectivity index (χ1) is 13.3. The zero-order valence-electron chi connectivity index (χ0n) is 15.2. The number of hydrogen-bond acceptors (Lipinski definition) is 0. The van der Waals surface area contributed by atoms with Crippen molar-refractivity contribution >= 4 is 139 Å². The van der Waals surface area contributed by atoms with Gasteiger partial charge in [-0.05, 0) is 38.5 Å². The van der Waals surface area contributed by atoms with Crippen molar-refractivity contribution in [1.82, 2.24) is 0 Å². The average molecular weight is 658 g/mol. The van der Waals surface area contributed by atoms with Gasteiger partial charge in [0.15, 0.2) is 17.3 Å². The van der Waals surface area contributed by atoms with Gasteiger partial charge in [0.1, 0.15) is 9.75 Å². The van der Waals surface area contributed by atoms with Crippen molar-refractivity contribution in [1.29, 1.82) is 0 Å². The molecule has 4 unspecified atom stereocenters. The number of alkyl halides is 12. The lowest BCUT2D eigenvalue weighted by Crippen LogP contribution is -2.84. The highest BCUT2D eigenvalue weighted by molar-refractivity contribution is 6.71. The summed E-state index contributed by atoms with van der Waals surface area (Å²) < 4.78 is -7.49. The fourth-order valence-electron chi connectivity index (χ4n) is 6.91. The molecule has 172 valence electrons. The van der Waals surface area contributed by atoms with E-state index in [2.05, 4.69) is 0 Å². The van der Waals surface area contributed by atoms with Gasteiger partial charge in [0, 0.05) is 10.8 Å². The van der Waals surface area contributed by atoms with E-state index in [1.807, 2.05) is 0 Å². The van der Waals surface area contributed by atoms with Crippen LogP contribution in [-0.2, 0) is 0 Å². The van der Waals surface area contributed by atoms with Gasteiger partial charge in [-0.15, -0.1) is 46.4 Å². The van der Waals surface area contributed by atoms with Crippen LogP contribution in [0.5, 0.6) is 0 Å². The second-order valence-electron chi connectivity index (χ2n) is 9.71. The minimum absolute atomic E-state index is 0.0188. The molecule has 5 fully saturated rings. The molecule has 0 aromatic carbocycles.